The van der Waals surface area contributed by atoms with E-state index in [0.717, 1.165) is 11.6 Å². The minimum absolute atomic E-state index is 0.00808. The second kappa shape index (κ2) is 7.66. The van der Waals surface area contributed by atoms with Crippen molar-refractivity contribution in [1.29, 1.82) is 0 Å². The normalized spacial score (nSPS) is 11.8. The molecule has 0 aliphatic carbocycles. The van der Waals surface area contributed by atoms with Crippen molar-refractivity contribution in [2.45, 2.75) is 32.9 Å². The van der Waals surface area contributed by atoms with Crippen molar-refractivity contribution in [1.82, 2.24) is 4.98 Å². The van der Waals surface area contributed by atoms with Crippen LogP contribution in [0.1, 0.15) is 31.5 Å². The lowest BCUT2D eigenvalue weighted by atomic mass is 9.98. The number of rotatable bonds is 5. The van der Waals surface area contributed by atoms with Crippen LogP contribution in [0, 0.1) is 5.82 Å². The second-order valence-electron chi connectivity index (χ2n) is 6.40. The van der Waals surface area contributed by atoms with Crippen LogP contribution < -0.4 is 10.2 Å². The summed E-state index contributed by atoms with van der Waals surface area (Å²) >= 11 is 0. The standard InChI is InChI=1S/C21H19F4NO2/c1-3-11-28-15-10-9-14(22)17-18(15)26-20(21(23,24)25)16(19(17)27)13-7-5-12(4-2)6-8-13/h5-10H,3-4,11H2,1-2H3,(H,26,27). The van der Waals surface area contributed by atoms with Crippen LogP contribution in [0.25, 0.3) is 22.0 Å². The molecule has 7 heteroatoms. The summed E-state index contributed by atoms with van der Waals surface area (Å²) in [7, 11) is 0. The number of hydrogen-bond donors (Lipinski definition) is 1. The number of halogens is 4. The Morgan fingerprint density at radius 1 is 1.04 bits per heavy atom. The Labute approximate surface area is 159 Å². The molecule has 0 aliphatic heterocycles. The van der Waals surface area contributed by atoms with E-state index in [9.17, 15) is 22.4 Å². The molecule has 0 saturated carbocycles. The predicted octanol–water partition coefficient (Wildman–Crippen LogP) is 5.70. The van der Waals surface area contributed by atoms with Gasteiger partial charge >= 0.3 is 6.18 Å². The van der Waals surface area contributed by atoms with Gasteiger partial charge in [-0.15, -0.1) is 0 Å². The molecule has 28 heavy (non-hydrogen) atoms. The molecule has 0 atom stereocenters. The van der Waals surface area contributed by atoms with Crippen LogP contribution in [0.15, 0.2) is 41.2 Å². The van der Waals surface area contributed by atoms with E-state index in [1.54, 1.807) is 12.1 Å². The number of alkyl halides is 3. The Morgan fingerprint density at radius 3 is 2.29 bits per heavy atom. The highest BCUT2D eigenvalue weighted by atomic mass is 19.4. The number of pyridine rings is 1. The van der Waals surface area contributed by atoms with E-state index in [-0.39, 0.29) is 23.4 Å². The van der Waals surface area contributed by atoms with Crippen LogP contribution >= 0.6 is 0 Å². The van der Waals surface area contributed by atoms with Gasteiger partial charge < -0.3 is 9.72 Å². The van der Waals surface area contributed by atoms with Gasteiger partial charge in [-0.1, -0.05) is 38.1 Å². The van der Waals surface area contributed by atoms with E-state index in [1.807, 2.05) is 13.8 Å². The number of H-pyrrole nitrogens is 1. The van der Waals surface area contributed by atoms with E-state index in [1.165, 1.54) is 18.2 Å². The van der Waals surface area contributed by atoms with Gasteiger partial charge in [0.1, 0.15) is 17.3 Å². The van der Waals surface area contributed by atoms with Crippen molar-refractivity contribution in [2.24, 2.45) is 0 Å². The number of benzene rings is 2. The summed E-state index contributed by atoms with van der Waals surface area (Å²) in [6, 6.07) is 8.44. The van der Waals surface area contributed by atoms with E-state index >= 15 is 0 Å². The fraction of sp³-hybridized carbons (Fsp3) is 0.286. The predicted molar refractivity (Wildman–Crippen MR) is 100 cm³/mol. The van der Waals surface area contributed by atoms with Crippen molar-refractivity contribution < 1.29 is 22.3 Å². The van der Waals surface area contributed by atoms with Gasteiger partial charge in [-0.2, -0.15) is 13.2 Å². The number of hydrogen-bond acceptors (Lipinski definition) is 2. The highest BCUT2D eigenvalue weighted by molar-refractivity contribution is 5.89. The van der Waals surface area contributed by atoms with Gasteiger partial charge in [0, 0.05) is 0 Å². The first-order valence-corrected chi connectivity index (χ1v) is 8.95. The highest BCUT2D eigenvalue weighted by Gasteiger charge is 2.37. The van der Waals surface area contributed by atoms with E-state index < -0.39 is 34.1 Å². The van der Waals surface area contributed by atoms with Crippen LogP contribution in [0.5, 0.6) is 5.75 Å². The second-order valence-corrected chi connectivity index (χ2v) is 6.40. The lowest BCUT2D eigenvalue weighted by Gasteiger charge is -2.16. The summed E-state index contributed by atoms with van der Waals surface area (Å²) < 4.78 is 61.2. The molecule has 1 heterocycles. The first-order valence-electron chi connectivity index (χ1n) is 8.95. The molecule has 0 unspecified atom stereocenters. The molecule has 0 saturated heterocycles. The zero-order valence-electron chi connectivity index (χ0n) is 15.4. The first kappa shape index (κ1) is 19.9. The van der Waals surface area contributed by atoms with Gasteiger partial charge in [-0.05, 0) is 36.1 Å². The summed E-state index contributed by atoms with van der Waals surface area (Å²) in [4.78, 5) is 15.2. The fourth-order valence-corrected chi connectivity index (χ4v) is 3.06. The Bertz CT molecular complexity index is 1050. The quantitative estimate of drug-likeness (QED) is 0.565. The van der Waals surface area contributed by atoms with Gasteiger partial charge in [0.05, 0.1) is 23.1 Å². The van der Waals surface area contributed by atoms with Crippen LogP contribution in [0.3, 0.4) is 0 Å². The van der Waals surface area contributed by atoms with Crippen LogP contribution in [0.4, 0.5) is 17.6 Å². The number of aromatic amines is 1. The molecular formula is C21H19F4NO2. The van der Waals surface area contributed by atoms with Gasteiger partial charge in [0.15, 0.2) is 0 Å². The van der Waals surface area contributed by atoms with Gasteiger partial charge in [0.2, 0.25) is 5.43 Å². The molecule has 3 aromatic rings. The highest BCUT2D eigenvalue weighted by Crippen LogP contribution is 2.37. The third-order valence-corrected chi connectivity index (χ3v) is 4.47. The molecular weight excluding hydrogens is 374 g/mol. The third kappa shape index (κ3) is 3.61. The number of aromatic nitrogens is 1. The topological polar surface area (TPSA) is 42.1 Å². The van der Waals surface area contributed by atoms with Crippen molar-refractivity contribution >= 4 is 10.9 Å². The Balaban J connectivity index is 2.38. The zero-order valence-corrected chi connectivity index (χ0v) is 15.4. The van der Waals surface area contributed by atoms with Gasteiger partial charge in [-0.25, -0.2) is 4.39 Å². The van der Waals surface area contributed by atoms with Crippen LogP contribution in [-0.4, -0.2) is 11.6 Å². The molecule has 0 bridgehead atoms. The SMILES string of the molecule is CCCOc1ccc(F)c2c(=O)c(-c3ccc(CC)cc3)c(C(F)(F)F)[nH]c12. The van der Waals surface area contributed by atoms with Crippen molar-refractivity contribution in [3.05, 3.63) is 63.7 Å². The maximum absolute atomic E-state index is 14.4. The van der Waals surface area contributed by atoms with Gasteiger partial charge in [-0.3, -0.25) is 4.79 Å². The average Bonchev–Trinajstić information content (AvgIpc) is 2.66. The molecule has 3 rings (SSSR count). The zero-order chi connectivity index (χ0) is 20.5. The smallest absolute Gasteiger partial charge is 0.432 e. The maximum Gasteiger partial charge on any atom is 0.432 e. The number of nitrogens with one attached hydrogen (secondary N) is 1. The minimum Gasteiger partial charge on any atom is -0.491 e. The molecule has 1 aromatic heterocycles. The van der Waals surface area contributed by atoms with Crippen molar-refractivity contribution in [3.8, 4) is 16.9 Å². The average molecular weight is 393 g/mol. The molecule has 3 nitrogen and oxygen atoms in total. The molecule has 0 spiro atoms. The summed E-state index contributed by atoms with van der Waals surface area (Å²) in [6.45, 7) is 3.96. The number of aryl methyl sites for hydroxylation is 1. The molecule has 2 aromatic carbocycles. The lowest BCUT2D eigenvalue weighted by molar-refractivity contribution is -0.140. The maximum atomic E-state index is 14.4. The van der Waals surface area contributed by atoms with Crippen molar-refractivity contribution in [2.75, 3.05) is 6.61 Å². The first-order chi connectivity index (χ1) is 13.3. The molecule has 1 N–H and O–H groups in total. The Kier molecular flexibility index (Phi) is 5.45. The third-order valence-electron chi connectivity index (χ3n) is 4.47. The Morgan fingerprint density at radius 2 is 1.71 bits per heavy atom. The van der Waals surface area contributed by atoms with E-state index in [0.29, 0.717) is 12.8 Å². The largest absolute Gasteiger partial charge is 0.491 e. The minimum atomic E-state index is -4.83. The lowest BCUT2D eigenvalue weighted by Crippen LogP contribution is -2.19. The summed E-state index contributed by atoms with van der Waals surface area (Å²) in [5, 5.41) is -0.448. The van der Waals surface area contributed by atoms with Crippen molar-refractivity contribution in [3.63, 3.8) is 0 Å². The molecule has 0 amide bonds. The molecule has 0 fully saturated rings. The number of fused-ring (bicyclic) bond motifs is 1. The molecule has 148 valence electrons. The van der Waals surface area contributed by atoms with Crippen LogP contribution in [-0.2, 0) is 12.6 Å². The summed E-state index contributed by atoms with van der Waals surface area (Å²) in [6.07, 6.45) is -3.52. The molecule has 0 aliphatic rings. The van der Waals surface area contributed by atoms with Crippen LogP contribution in [0.2, 0.25) is 0 Å². The number of ether oxygens (including phenoxy) is 1. The fourth-order valence-electron chi connectivity index (χ4n) is 3.06. The Hall–Kier alpha value is -2.83. The van der Waals surface area contributed by atoms with E-state index in [4.69, 9.17) is 4.74 Å². The summed E-state index contributed by atoms with van der Waals surface area (Å²) in [5.74, 6) is -0.894. The summed E-state index contributed by atoms with van der Waals surface area (Å²) in [5.41, 5.74) is -2.15. The van der Waals surface area contributed by atoms with E-state index in [2.05, 4.69) is 4.98 Å². The molecule has 0 radical (unpaired) electrons. The van der Waals surface area contributed by atoms with Gasteiger partial charge in [0.25, 0.3) is 0 Å². The monoisotopic (exact) mass is 393 g/mol.